The molecule has 2 N–H and O–H groups in total. The van der Waals surface area contributed by atoms with Crippen LogP contribution in [0.15, 0.2) is 12.1 Å². The van der Waals surface area contributed by atoms with E-state index in [2.05, 4.69) is 25.2 Å². The number of phenols is 1. The highest BCUT2D eigenvalue weighted by atomic mass is 16.3. The Hall–Kier alpha value is -1.02. The molecular formula is C13H19NO. The van der Waals surface area contributed by atoms with Crippen LogP contribution in [-0.4, -0.2) is 11.1 Å². The average molecular weight is 205 g/mol. The molecule has 0 spiro atoms. The predicted molar refractivity (Wildman–Crippen MR) is 62.0 cm³/mol. The van der Waals surface area contributed by atoms with Crippen LogP contribution in [0, 0.1) is 19.8 Å². The summed E-state index contributed by atoms with van der Waals surface area (Å²) in [6.07, 6.45) is 1.27. The normalized spacial score (nSPS) is 24.2. The summed E-state index contributed by atoms with van der Waals surface area (Å²) in [5.41, 5.74) is 3.40. The lowest BCUT2D eigenvalue weighted by Gasteiger charge is -2.09. The summed E-state index contributed by atoms with van der Waals surface area (Å²) in [5.74, 6) is 1.22. The van der Waals surface area contributed by atoms with Crippen molar-refractivity contribution in [2.24, 2.45) is 5.92 Å². The first kappa shape index (κ1) is 10.5. The van der Waals surface area contributed by atoms with Crippen LogP contribution in [0.1, 0.15) is 30.0 Å². The van der Waals surface area contributed by atoms with Crippen molar-refractivity contribution in [3.8, 4) is 5.75 Å². The lowest BCUT2D eigenvalue weighted by molar-refractivity contribution is 0.463. The maximum absolute atomic E-state index is 9.77. The van der Waals surface area contributed by atoms with Gasteiger partial charge in [0.25, 0.3) is 0 Å². The monoisotopic (exact) mass is 205 g/mol. The average Bonchev–Trinajstić information content (AvgIpc) is 2.86. The van der Waals surface area contributed by atoms with Gasteiger partial charge in [-0.1, -0.05) is 13.0 Å². The highest BCUT2D eigenvalue weighted by Crippen LogP contribution is 2.30. The quantitative estimate of drug-likeness (QED) is 0.794. The highest BCUT2D eigenvalue weighted by Gasteiger charge is 2.31. The van der Waals surface area contributed by atoms with Crippen molar-refractivity contribution in [1.29, 1.82) is 0 Å². The van der Waals surface area contributed by atoms with Crippen LogP contribution in [-0.2, 0) is 6.54 Å². The molecule has 2 unspecified atom stereocenters. The van der Waals surface area contributed by atoms with E-state index in [1.165, 1.54) is 12.0 Å². The molecule has 0 bridgehead atoms. The van der Waals surface area contributed by atoms with Gasteiger partial charge < -0.3 is 10.4 Å². The van der Waals surface area contributed by atoms with Gasteiger partial charge >= 0.3 is 0 Å². The van der Waals surface area contributed by atoms with Crippen molar-refractivity contribution in [1.82, 2.24) is 5.32 Å². The number of phenolic OH excluding ortho intramolecular Hbond substituents is 1. The Kier molecular flexibility index (Phi) is 2.70. The molecule has 1 aromatic rings. The lowest BCUT2D eigenvalue weighted by Crippen LogP contribution is -2.17. The van der Waals surface area contributed by atoms with E-state index in [-0.39, 0.29) is 0 Å². The van der Waals surface area contributed by atoms with E-state index in [1.54, 1.807) is 0 Å². The fourth-order valence-corrected chi connectivity index (χ4v) is 1.85. The topological polar surface area (TPSA) is 32.3 Å². The summed E-state index contributed by atoms with van der Waals surface area (Å²) in [6, 6.07) is 4.58. The van der Waals surface area contributed by atoms with Crippen LogP contribution in [0.4, 0.5) is 0 Å². The van der Waals surface area contributed by atoms with Crippen molar-refractivity contribution in [2.75, 3.05) is 0 Å². The van der Waals surface area contributed by atoms with Gasteiger partial charge in [-0.3, -0.25) is 0 Å². The molecule has 1 aromatic carbocycles. The number of rotatable bonds is 3. The summed E-state index contributed by atoms with van der Waals surface area (Å²) >= 11 is 0. The van der Waals surface area contributed by atoms with Crippen LogP contribution in [0.3, 0.4) is 0 Å². The van der Waals surface area contributed by atoms with Crippen molar-refractivity contribution < 1.29 is 5.11 Å². The van der Waals surface area contributed by atoms with Gasteiger partial charge in [-0.25, -0.2) is 0 Å². The van der Waals surface area contributed by atoms with Crippen LogP contribution in [0.5, 0.6) is 5.75 Å². The van der Waals surface area contributed by atoms with Crippen molar-refractivity contribution in [3.63, 3.8) is 0 Å². The van der Waals surface area contributed by atoms with E-state index < -0.39 is 0 Å². The van der Waals surface area contributed by atoms with Gasteiger partial charge in [-0.05, 0) is 43.4 Å². The molecule has 2 heteroatoms. The summed E-state index contributed by atoms with van der Waals surface area (Å²) < 4.78 is 0. The van der Waals surface area contributed by atoms with E-state index in [1.807, 2.05) is 13.0 Å². The number of nitrogens with one attached hydrogen (secondary N) is 1. The lowest BCUT2D eigenvalue weighted by atomic mass is 10.1. The second-order valence-corrected chi connectivity index (χ2v) is 4.77. The summed E-state index contributed by atoms with van der Waals surface area (Å²) in [6.45, 7) is 7.13. The first-order chi connectivity index (χ1) is 7.08. The second-order valence-electron chi connectivity index (χ2n) is 4.77. The highest BCUT2D eigenvalue weighted by molar-refractivity contribution is 5.40. The molecule has 1 saturated carbocycles. The first-order valence-corrected chi connectivity index (χ1v) is 5.60. The molecule has 0 saturated heterocycles. The summed E-state index contributed by atoms with van der Waals surface area (Å²) in [4.78, 5) is 0. The zero-order chi connectivity index (χ0) is 11.0. The molecule has 1 fully saturated rings. The van der Waals surface area contributed by atoms with Crippen LogP contribution < -0.4 is 5.32 Å². The standard InChI is InChI=1S/C13H19NO/c1-8-4-11(13(15)6-9(8)2)7-14-12-5-10(12)3/h4,6,10,12,14-15H,5,7H2,1-3H3. The van der Waals surface area contributed by atoms with Gasteiger partial charge in [-0.15, -0.1) is 0 Å². The minimum absolute atomic E-state index is 0.416. The van der Waals surface area contributed by atoms with Gasteiger partial charge in [0, 0.05) is 18.2 Å². The van der Waals surface area contributed by atoms with Crippen molar-refractivity contribution in [3.05, 3.63) is 28.8 Å². The van der Waals surface area contributed by atoms with E-state index in [9.17, 15) is 5.11 Å². The molecule has 82 valence electrons. The zero-order valence-electron chi connectivity index (χ0n) is 9.67. The first-order valence-electron chi connectivity index (χ1n) is 5.60. The third kappa shape index (κ3) is 2.32. The molecule has 0 amide bonds. The van der Waals surface area contributed by atoms with Gasteiger partial charge in [-0.2, -0.15) is 0 Å². The third-order valence-electron chi connectivity index (χ3n) is 3.36. The molecule has 1 aliphatic carbocycles. The largest absolute Gasteiger partial charge is 0.508 e. The van der Waals surface area contributed by atoms with Crippen molar-refractivity contribution >= 4 is 0 Å². The molecule has 0 radical (unpaired) electrons. The molecule has 0 aromatic heterocycles. The fourth-order valence-electron chi connectivity index (χ4n) is 1.85. The van der Waals surface area contributed by atoms with Crippen LogP contribution >= 0.6 is 0 Å². The molecule has 2 nitrogen and oxygen atoms in total. The minimum atomic E-state index is 0.416. The molecule has 2 atom stereocenters. The number of benzene rings is 1. The van der Waals surface area contributed by atoms with E-state index in [0.717, 1.165) is 23.6 Å². The summed E-state index contributed by atoms with van der Waals surface area (Å²) in [5, 5.41) is 13.2. The van der Waals surface area contributed by atoms with Crippen molar-refractivity contribution in [2.45, 2.75) is 39.8 Å². The van der Waals surface area contributed by atoms with Crippen LogP contribution in [0.2, 0.25) is 0 Å². The Labute approximate surface area is 91.3 Å². The predicted octanol–water partition coefficient (Wildman–Crippen LogP) is 2.51. The van der Waals surface area contributed by atoms with E-state index in [0.29, 0.717) is 11.8 Å². The third-order valence-corrected chi connectivity index (χ3v) is 3.36. The van der Waals surface area contributed by atoms with E-state index in [4.69, 9.17) is 0 Å². The summed E-state index contributed by atoms with van der Waals surface area (Å²) in [7, 11) is 0. The maximum Gasteiger partial charge on any atom is 0.120 e. The Morgan fingerprint density at radius 1 is 1.33 bits per heavy atom. The van der Waals surface area contributed by atoms with Crippen LogP contribution in [0.25, 0.3) is 0 Å². The van der Waals surface area contributed by atoms with Gasteiger partial charge in [0.15, 0.2) is 0 Å². The van der Waals surface area contributed by atoms with Gasteiger partial charge in [0.05, 0.1) is 0 Å². The smallest absolute Gasteiger partial charge is 0.120 e. The number of hydrogen-bond donors (Lipinski definition) is 2. The fraction of sp³-hybridized carbons (Fsp3) is 0.538. The molecule has 15 heavy (non-hydrogen) atoms. The second kappa shape index (κ2) is 3.86. The Bertz CT molecular complexity index is 373. The number of aryl methyl sites for hydroxylation is 2. The molecule has 2 rings (SSSR count). The minimum Gasteiger partial charge on any atom is -0.508 e. The number of aromatic hydroxyl groups is 1. The van der Waals surface area contributed by atoms with Gasteiger partial charge in [0.1, 0.15) is 5.75 Å². The Balaban J connectivity index is 2.04. The Morgan fingerprint density at radius 2 is 1.93 bits per heavy atom. The zero-order valence-corrected chi connectivity index (χ0v) is 9.67. The molecule has 1 aliphatic rings. The SMILES string of the molecule is Cc1cc(O)c(CNC2CC2C)cc1C. The molecule has 0 aliphatic heterocycles. The number of hydrogen-bond acceptors (Lipinski definition) is 2. The Morgan fingerprint density at radius 3 is 2.53 bits per heavy atom. The molecule has 0 heterocycles. The van der Waals surface area contributed by atoms with Gasteiger partial charge in [0.2, 0.25) is 0 Å². The van der Waals surface area contributed by atoms with E-state index >= 15 is 0 Å². The maximum atomic E-state index is 9.77. The molecular weight excluding hydrogens is 186 g/mol.